The Morgan fingerprint density at radius 2 is 2.09 bits per heavy atom. The van der Waals surface area contributed by atoms with E-state index in [0.29, 0.717) is 29.8 Å². The Morgan fingerprint density at radius 3 is 2.77 bits per heavy atom. The second-order valence-electron chi connectivity index (χ2n) is 5.14. The molecule has 0 amide bonds. The highest BCUT2D eigenvalue weighted by Crippen LogP contribution is 2.34. The average molecular weight is 305 g/mol. The molecule has 1 atom stereocenters. The SMILES string of the molecule is O=C(O)c1cnc(N[C@@H]2CCCc3c(F)cc(F)cc32)cn1. The molecule has 22 heavy (non-hydrogen) atoms. The van der Waals surface area contributed by atoms with Crippen LogP contribution in [0.3, 0.4) is 0 Å². The number of halogens is 2. The molecule has 0 aliphatic heterocycles. The molecule has 114 valence electrons. The highest BCUT2D eigenvalue weighted by Gasteiger charge is 2.24. The van der Waals surface area contributed by atoms with Crippen LogP contribution in [0.2, 0.25) is 0 Å². The van der Waals surface area contributed by atoms with E-state index in [1.807, 2.05) is 0 Å². The summed E-state index contributed by atoms with van der Waals surface area (Å²) in [6, 6.07) is 1.94. The lowest BCUT2D eigenvalue weighted by Crippen LogP contribution is -2.19. The number of carboxylic acid groups (broad SMARTS) is 1. The summed E-state index contributed by atoms with van der Waals surface area (Å²) in [6.45, 7) is 0. The lowest BCUT2D eigenvalue weighted by Gasteiger charge is -2.27. The predicted molar refractivity (Wildman–Crippen MR) is 74.7 cm³/mol. The first-order chi connectivity index (χ1) is 10.5. The summed E-state index contributed by atoms with van der Waals surface area (Å²) in [7, 11) is 0. The minimum absolute atomic E-state index is 0.160. The molecule has 0 spiro atoms. The number of hydrogen-bond donors (Lipinski definition) is 2. The first kappa shape index (κ1) is 14.4. The van der Waals surface area contributed by atoms with Crippen molar-refractivity contribution in [2.24, 2.45) is 0 Å². The summed E-state index contributed by atoms with van der Waals surface area (Å²) in [6.07, 6.45) is 4.49. The summed E-state index contributed by atoms with van der Waals surface area (Å²) in [5.74, 6) is -1.94. The molecule has 2 aromatic rings. The Labute approximate surface area is 125 Å². The Bertz CT molecular complexity index is 719. The molecule has 0 fully saturated rings. The molecular weight excluding hydrogens is 292 g/mol. The fourth-order valence-electron chi connectivity index (χ4n) is 2.68. The van der Waals surface area contributed by atoms with Crippen molar-refractivity contribution in [1.29, 1.82) is 0 Å². The fourth-order valence-corrected chi connectivity index (χ4v) is 2.68. The first-order valence-electron chi connectivity index (χ1n) is 6.84. The van der Waals surface area contributed by atoms with Crippen LogP contribution in [0.15, 0.2) is 24.5 Å². The maximum Gasteiger partial charge on any atom is 0.356 e. The molecular formula is C15H13F2N3O2. The molecule has 1 heterocycles. The van der Waals surface area contributed by atoms with Crippen LogP contribution in [0.4, 0.5) is 14.6 Å². The number of hydrogen-bond acceptors (Lipinski definition) is 4. The van der Waals surface area contributed by atoms with Gasteiger partial charge in [-0.3, -0.25) is 0 Å². The van der Waals surface area contributed by atoms with Crippen LogP contribution in [-0.2, 0) is 6.42 Å². The van der Waals surface area contributed by atoms with Crippen molar-refractivity contribution < 1.29 is 18.7 Å². The third-order valence-electron chi connectivity index (χ3n) is 3.68. The van der Waals surface area contributed by atoms with E-state index >= 15 is 0 Å². The van der Waals surface area contributed by atoms with Crippen LogP contribution in [0.5, 0.6) is 0 Å². The Morgan fingerprint density at radius 1 is 1.27 bits per heavy atom. The van der Waals surface area contributed by atoms with Gasteiger partial charge in [-0.15, -0.1) is 0 Å². The van der Waals surface area contributed by atoms with Gasteiger partial charge in [0.15, 0.2) is 5.69 Å². The third kappa shape index (κ3) is 2.74. The number of nitrogens with zero attached hydrogens (tertiary/aromatic N) is 2. The third-order valence-corrected chi connectivity index (χ3v) is 3.68. The van der Waals surface area contributed by atoms with Crippen LogP contribution in [0.25, 0.3) is 0 Å². The molecule has 7 heteroatoms. The highest BCUT2D eigenvalue weighted by molar-refractivity contribution is 5.84. The van der Waals surface area contributed by atoms with Crippen LogP contribution >= 0.6 is 0 Å². The maximum atomic E-state index is 13.8. The lowest BCUT2D eigenvalue weighted by molar-refractivity contribution is 0.0690. The van der Waals surface area contributed by atoms with Gasteiger partial charge >= 0.3 is 5.97 Å². The quantitative estimate of drug-likeness (QED) is 0.912. The topological polar surface area (TPSA) is 75.1 Å². The van der Waals surface area contributed by atoms with E-state index in [2.05, 4.69) is 15.3 Å². The molecule has 1 aliphatic rings. The van der Waals surface area contributed by atoms with Crippen molar-refractivity contribution in [3.8, 4) is 0 Å². The molecule has 1 aliphatic carbocycles. The summed E-state index contributed by atoms with van der Waals surface area (Å²) in [5.41, 5.74) is 0.930. The number of aromatic nitrogens is 2. The molecule has 0 unspecified atom stereocenters. The molecule has 0 saturated carbocycles. The Balaban J connectivity index is 1.87. The number of anilines is 1. The number of benzene rings is 1. The molecule has 1 aromatic heterocycles. The molecule has 3 rings (SSSR count). The summed E-state index contributed by atoms with van der Waals surface area (Å²) in [4.78, 5) is 18.5. The van der Waals surface area contributed by atoms with Crippen molar-refractivity contribution in [3.63, 3.8) is 0 Å². The standard InChI is InChI=1S/C15H13F2N3O2/c16-8-4-10-9(11(17)5-8)2-1-3-12(10)20-14-7-18-13(6-19-14)15(21)22/h4-7,12H,1-3H2,(H,19,20)(H,21,22)/t12-/m1/s1. The van der Waals surface area contributed by atoms with Crippen molar-refractivity contribution in [2.75, 3.05) is 5.32 Å². The van der Waals surface area contributed by atoms with Crippen molar-refractivity contribution in [2.45, 2.75) is 25.3 Å². The van der Waals surface area contributed by atoms with Crippen molar-refractivity contribution >= 4 is 11.8 Å². The zero-order valence-electron chi connectivity index (χ0n) is 11.5. The van der Waals surface area contributed by atoms with E-state index in [0.717, 1.165) is 18.7 Å². The first-order valence-corrected chi connectivity index (χ1v) is 6.84. The van der Waals surface area contributed by atoms with Crippen molar-refractivity contribution in [3.05, 3.63) is 53.0 Å². The van der Waals surface area contributed by atoms with Gasteiger partial charge in [0.05, 0.1) is 18.4 Å². The average Bonchev–Trinajstić information content (AvgIpc) is 2.48. The minimum atomic E-state index is -1.16. The van der Waals surface area contributed by atoms with Gasteiger partial charge in [0, 0.05) is 6.07 Å². The zero-order chi connectivity index (χ0) is 15.7. The zero-order valence-corrected chi connectivity index (χ0v) is 11.5. The van der Waals surface area contributed by atoms with Gasteiger partial charge in [-0.1, -0.05) is 0 Å². The van der Waals surface area contributed by atoms with E-state index in [9.17, 15) is 13.6 Å². The van der Waals surface area contributed by atoms with Gasteiger partial charge in [0.1, 0.15) is 17.5 Å². The van der Waals surface area contributed by atoms with Crippen LogP contribution in [0, 0.1) is 11.6 Å². The Hall–Kier alpha value is -2.57. The van der Waals surface area contributed by atoms with Crippen LogP contribution < -0.4 is 5.32 Å². The number of aromatic carboxylic acids is 1. The summed E-state index contributed by atoms with van der Waals surface area (Å²) in [5, 5.41) is 11.8. The number of fused-ring (bicyclic) bond motifs is 1. The van der Waals surface area contributed by atoms with E-state index in [-0.39, 0.29) is 11.7 Å². The van der Waals surface area contributed by atoms with E-state index in [1.54, 1.807) is 0 Å². The second kappa shape index (κ2) is 5.67. The molecule has 2 N–H and O–H groups in total. The van der Waals surface area contributed by atoms with Gasteiger partial charge < -0.3 is 10.4 Å². The number of nitrogens with one attached hydrogen (secondary N) is 1. The molecule has 0 bridgehead atoms. The lowest BCUT2D eigenvalue weighted by atomic mass is 9.87. The Kier molecular flexibility index (Phi) is 3.70. The molecule has 0 radical (unpaired) electrons. The van der Waals surface area contributed by atoms with Gasteiger partial charge in [0.2, 0.25) is 0 Å². The van der Waals surface area contributed by atoms with E-state index < -0.39 is 17.6 Å². The van der Waals surface area contributed by atoms with Gasteiger partial charge in [0.25, 0.3) is 0 Å². The number of rotatable bonds is 3. The van der Waals surface area contributed by atoms with Gasteiger partial charge in [-0.25, -0.2) is 23.5 Å². The smallest absolute Gasteiger partial charge is 0.356 e. The normalized spacial score (nSPS) is 16.9. The predicted octanol–water partition coefficient (Wildman–Crippen LogP) is 2.94. The van der Waals surface area contributed by atoms with Crippen molar-refractivity contribution in [1.82, 2.24) is 9.97 Å². The molecule has 0 saturated heterocycles. The number of carboxylic acids is 1. The van der Waals surface area contributed by atoms with E-state index in [4.69, 9.17) is 5.11 Å². The summed E-state index contributed by atoms with van der Waals surface area (Å²) < 4.78 is 27.3. The maximum absolute atomic E-state index is 13.8. The molecule has 1 aromatic carbocycles. The fraction of sp³-hybridized carbons (Fsp3) is 0.267. The highest BCUT2D eigenvalue weighted by atomic mass is 19.1. The summed E-state index contributed by atoms with van der Waals surface area (Å²) >= 11 is 0. The van der Waals surface area contributed by atoms with E-state index in [1.165, 1.54) is 12.3 Å². The number of carbonyl (C=O) groups is 1. The monoisotopic (exact) mass is 305 g/mol. The van der Waals surface area contributed by atoms with Gasteiger partial charge in [-0.05, 0) is 36.5 Å². The molecule has 5 nitrogen and oxygen atoms in total. The van der Waals surface area contributed by atoms with Crippen LogP contribution in [-0.4, -0.2) is 21.0 Å². The van der Waals surface area contributed by atoms with Gasteiger partial charge in [-0.2, -0.15) is 0 Å². The minimum Gasteiger partial charge on any atom is -0.476 e. The largest absolute Gasteiger partial charge is 0.476 e. The second-order valence-corrected chi connectivity index (χ2v) is 5.14. The van der Waals surface area contributed by atoms with Crippen LogP contribution in [0.1, 0.15) is 40.5 Å².